The van der Waals surface area contributed by atoms with Crippen molar-refractivity contribution in [3.8, 4) is 0 Å². The maximum absolute atomic E-state index is 10.2. The Kier molecular flexibility index (Phi) is 3.96. The summed E-state index contributed by atoms with van der Waals surface area (Å²) in [4.78, 5) is 13.9. The number of aromatic amines is 1. The molecule has 4 heteroatoms. The second-order valence-corrected chi connectivity index (χ2v) is 2.14. The highest BCUT2D eigenvalue weighted by Gasteiger charge is 1.70. The predicted molar refractivity (Wildman–Crippen MR) is 49.1 cm³/mol. The summed E-state index contributed by atoms with van der Waals surface area (Å²) in [5.74, 6) is 0. The summed E-state index contributed by atoms with van der Waals surface area (Å²) in [5, 5.41) is 5.67. The number of hydrogen-bond donors (Lipinski definition) is 1. The van der Waals surface area contributed by atoms with Crippen molar-refractivity contribution in [1.29, 1.82) is 0 Å². The summed E-state index contributed by atoms with van der Waals surface area (Å²) in [6.07, 6.45) is 5.02. The van der Waals surface area contributed by atoms with Gasteiger partial charge in [0.05, 0.1) is 0 Å². The van der Waals surface area contributed by atoms with Crippen LogP contribution in [0.5, 0.6) is 0 Å². The van der Waals surface area contributed by atoms with Gasteiger partial charge in [0.1, 0.15) is 0 Å². The normalized spacial score (nSPS) is 8.31. The van der Waals surface area contributed by atoms with E-state index in [1.807, 2.05) is 18.2 Å². The first kappa shape index (κ1) is 9.12. The fourth-order valence-corrected chi connectivity index (χ4v) is 0.624. The first-order valence-corrected chi connectivity index (χ1v) is 3.74. The fraction of sp³-hybridized carbons (Fsp3) is 0. The Morgan fingerprint density at radius 3 is 2.00 bits per heavy atom. The quantitative estimate of drug-likeness (QED) is 0.645. The van der Waals surface area contributed by atoms with E-state index in [1.165, 1.54) is 12.3 Å². The molecule has 0 atom stereocenters. The van der Waals surface area contributed by atoms with E-state index >= 15 is 0 Å². The monoisotopic (exact) mass is 175 g/mol. The zero-order chi connectivity index (χ0) is 9.36. The molecule has 2 heterocycles. The molecule has 0 aliphatic rings. The van der Waals surface area contributed by atoms with E-state index in [0.717, 1.165) is 0 Å². The Hall–Kier alpha value is -1.97. The molecule has 0 saturated carbocycles. The largest absolute Gasteiger partial charge is 0.268 e. The van der Waals surface area contributed by atoms with Crippen LogP contribution >= 0.6 is 0 Å². The minimum Gasteiger partial charge on any atom is -0.268 e. The van der Waals surface area contributed by atoms with Crippen molar-refractivity contribution in [3.63, 3.8) is 0 Å². The molecular formula is C9H9N3O. The first-order valence-electron chi connectivity index (χ1n) is 3.74. The van der Waals surface area contributed by atoms with Crippen LogP contribution in [0.1, 0.15) is 0 Å². The van der Waals surface area contributed by atoms with E-state index in [2.05, 4.69) is 15.2 Å². The number of H-pyrrole nitrogens is 1. The summed E-state index contributed by atoms with van der Waals surface area (Å²) in [5.41, 5.74) is -0.164. The summed E-state index contributed by atoms with van der Waals surface area (Å²) >= 11 is 0. The summed E-state index contributed by atoms with van der Waals surface area (Å²) < 4.78 is 0. The predicted octanol–water partition coefficient (Wildman–Crippen LogP) is 0.851. The van der Waals surface area contributed by atoms with Gasteiger partial charge in [-0.25, -0.2) is 5.10 Å². The van der Waals surface area contributed by atoms with Gasteiger partial charge >= 0.3 is 0 Å². The Bertz CT molecular complexity index is 328. The molecule has 0 amide bonds. The van der Waals surface area contributed by atoms with Gasteiger partial charge in [-0.2, -0.15) is 5.10 Å². The Labute approximate surface area is 75.3 Å². The molecule has 66 valence electrons. The molecule has 0 bridgehead atoms. The van der Waals surface area contributed by atoms with Gasteiger partial charge in [-0.15, -0.1) is 0 Å². The van der Waals surface area contributed by atoms with Gasteiger partial charge in [-0.05, 0) is 18.2 Å². The zero-order valence-electron chi connectivity index (χ0n) is 6.92. The maximum atomic E-state index is 10.2. The third kappa shape index (κ3) is 4.47. The lowest BCUT2D eigenvalue weighted by atomic mass is 10.5. The molecule has 0 radical (unpaired) electrons. The molecule has 2 aromatic rings. The average Bonchev–Trinajstić information content (AvgIpc) is 2.22. The molecule has 2 rings (SSSR count). The Morgan fingerprint density at radius 1 is 1.00 bits per heavy atom. The van der Waals surface area contributed by atoms with Gasteiger partial charge in [-0.1, -0.05) is 6.07 Å². The van der Waals surface area contributed by atoms with Crippen LogP contribution in [0.15, 0.2) is 53.7 Å². The topological polar surface area (TPSA) is 58.6 Å². The number of nitrogens with zero attached hydrogens (tertiary/aromatic N) is 2. The van der Waals surface area contributed by atoms with Crippen LogP contribution in [0.3, 0.4) is 0 Å². The van der Waals surface area contributed by atoms with Crippen LogP contribution in [0.4, 0.5) is 0 Å². The second-order valence-electron chi connectivity index (χ2n) is 2.14. The third-order valence-corrected chi connectivity index (χ3v) is 1.15. The van der Waals surface area contributed by atoms with E-state index in [-0.39, 0.29) is 5.56 Å². The van der Waals surface area contributed by atoms with Crippen LogP contribution < -0.4 is 5.56 Å². The van der Waals surface area contributed by atoms with E-state index < -0.39 is 0 Å². The van der Waals surface area contributed by atoms with Crippen LogP contribution in [-0.4, -0.2) is 15.2 Å². The highest BCUT2D eigenvalue weighted by atomic mass is 16.1. The molecule has 0 aliphatic heterocycles. The van der Waals surface area contributed by atoms with E-state index in [9.17, 15) is 4.79 Å². The van der Waals surface area contributed by atoms with Crippen molar-refractivity contribution in [2.45, 2.75) is 0 Å². The average molecular weight is 175 g/mol. The summed E-state index contributed by atoms with van der Waals surface area (Å²) in [6, 6.07) is 8.71. The zero-order valence-corrected chi connectivity index (χ0v) is 6.92. The van der Waals surface area contributed by atoms with E-state index in [0.29, 0.717) is 0 Å². The molecule has 0 aromatic carbocycles. The van der Waals surface area contributed by atoms with Gasteiger partial charge < -0.3 is 0 Å². The SMILES string of the molecule is O=c1cccn[nH]1.c1ccncc1. The lowest BCUT2D eigenvalue weighted by molar-refractivity contribution is 0.988. The lowest BCUT2D eigenvalue weighted by Crippen LogP contribution is -2.02. The number of pyridine rings is 1. The molecule has 0 spiro atoms. The lowest BCUT2D eigenvalue weighted by Gasteiger charge is -1.72. The van der Waals surface area contributed by atoms with Crippen molar-refractivity contribution in [1.82, 2.24) is 15.2 Å². The van der Waals surface area contributed by atoms with E-state index in [4.69, 9.17) is 0 Å². The molecule has 2 aromatic heterocycles. The standard InChI is InChI=1S/C5H5N.C4H4N2O/c1-2-4-6-5-3-1;7-4-2-1-3-5-6-4/h1-5H;1-3H,(H,6,7). The number of rotatable bonds is 0. The van der Waals surface area contributed by atoms with Gasteiger partial charge in [-0.3, -0.25) is 9.78 Å². The van der Waals surface area contributed by atoms with Crippen LogP contribution in [0, 0.1) is 0 Å². The van der Waals surface area contributed by atoms with Crippen molar-refractivity contribution in [3.05, 3.63) is 59.3 Å². The van der Waals surface area contributed by atoms with E-state index in [1.54, 1.807) is 18.5 Å². The van der Waals surface area contributed by atoms with Crippen molar-refractivity contribution >= 4 is 0 Å². The molecule has 0 fully saturated rings. The summed E-state index contributed by atoms with van der Waals surface area (Å²) in [6.45, 7) is 0. The molecule has 4 nitrogen and oxygen atoms in total. The summed E-state index contributed by atoms with van der Waals surface area (Å²) in [7, 11) is 0. The van der Waals surface area contributed by atoms with Crippen LogP contribution in [0.2, 0.25) is 0 Å². The maximum Gasteiger partial charge on any atom is 0.264 e. The van der Waals surface area contributed by atoms with Crippen LogP contribution in [-0.2, 0) is 0 Å². The highest BCUT2D eigenvalue weighted by molar-refractivity contribution is 4.88. The van der Waals surface area contributed by atoms with Crippen LogP contribution in [0.25, 0.3) is 0 Å². The first-order chi connectivity index (χ1) is 6.39. The Balaban J connectivity index is 0.000000132. The van der Waals surface area contributed by atoms with Crippen molar-refractivity contribution < 1.29 is 0 Å². The molecule has 13 heavy (non-hydrogen) atoms. The smallest absolute Gasteiger partial charge is 0.264 e. The minimum atomic E-state index is -0.164. The molecular weight excluding hydrogens is 166 g/mol. The van der Waals surface area contributed by atoms with Crippen molar-refractivity contribution in [2.24, 2.45) is 0 Å². The molecule has 0 aliphatic carbocycles. The fourth-order valence-electron chi connectivity index (χ4n) is 0.624. The van der Waals surface area contributed by atoms with Gasteiger partial charge in [0, 0.05) is 24.7 Å². The Morgan fingerprint density at radius 2 is 1.77 bits per heavy atom. The van der Waals surface area contributed by atoms with Gasteiger partial charge in [0.2, 0.25) is 0 Å². The molecule has 0 saturated heterocycles. The highest BCUT2D eigenvalue weighted by Crippen LogP contribution is 1.73. The molecule has 1 N–H and O–H groups in total. The minimum absolute atomic E-state index is 0.164. The number of hydrogen-bond acceptors (Lipinski definition) is 3. The third-order valence-electron chi connectivity index (χ3n) is 1.15. The second kappa shape index (κ2) is 5.65. The van der Waals surface area contributed by atoms with Gasteiger partial charge in [0.25, 0.3) is 5.56 Å². The number of aromatic nitrogens is 3. The van der Waals surface area contributed by atoms with Crippen molar-refractivity contribution in [2.75, 3.05) is 0 Å². The number of nitrogens with one attached hydrogen (secondary N) is 1. The van der Waals surface area contributed by atoms with Gasteiger partial charge in [0.15, 0.2) is 0 Å². The molecule has 0 unspecified atom stereocenters.